The van der Waals surface area contributed by atoms with E-state index in [0.29, 0.717) is 6.54 Å². The fraction of sp³-hybridized carbons (Fsp3) is 0.556. The normalized spacial score (nSPS) is 10.6. The largest absolute Gasteiger partial charge is 0.352 e. The van der Waals surface area contributed by atoms with Crippen LogP contribution in [0.5, 0.6) is 0 Å². The topological polar surface area (TPSA) is 72.9 Å². The van der Waals surface area contributed by atoms with Crippen LogP contribution < -0.4 is 11.1 Å². The first-order valence-electron chi connectivity index (χ1n) is 4.62. The second kappa shape index (κ2) is 4.76. The van der Waals surface area contributed by atoms with Crippen LogP contribution in [0.2, 0.25) is 0 Å². The minimum absolute atomic E-state index is 0.0206. The first kappa shape index (κ1) is 10.7. The summed E-state index contributed by atoms with van der Waals surface area (Å²) in [5, 5.41) is 2.80. The molecule has 78 valence electrons. The van der Waals surface area contributed by atoms with Gasteiger partial charge in [0.15, 0.2) is 0 Å². The lowest BCUT2D eigenvalue weighted by atomic mass is 10.4. The Bertz CT molecular complexity index is 306. The van der Waals surface area contributed by atoms with Crippen molar-refractivity contribution in [3.63, 3.8) is 0 Å². The Morgan fingerprint density at radius 3 is 3.00 bits per heavy atom. The molecule has 0 aliphatic heterocycles. The van der Waals surface area contributed by atoms with E-state index < -0.39 is 0 Å². The Morgan fingerprint density at radius 2 is 2.43 bits per heavy atom. The van der Waals surface area contributed by atoms with Gasteiger partial charge < -0.3 is 15.6 Å². The maximum Gasteiger partial charge on any atom is 0.240 e. The molecule has 1 aromatic heterocycles. The summed E-state index contributed by atoms with van der Waals surface area (Å²) in [5.74, 6) is -0.0206. The predicted molar refractivity (Wildman–Crippen MR) is 53.4 cm³/mol. The third-order valence-corrected chi connectivity index (χ3v) is 1.77. The monoisotopic (exact) mass is 196 g/mol. The van der Waals surface area contributed by atoms with Crippen molar-refractivity contribution in [1.82, 2.24) is 14.9 Å². The van der Waals surface area contributed by atoms with E-state index >= 15 is 0 Å². The van der Waals surface area contributed by atoms with Gasteiger partial charge in [-0.1, -0.05) is 0 Å². The number of carbonyl (C=O) groups is 1. The number of rotatable bonds is 4. The van der Waals surface area contributed by atoms with E-state index in [1.165, 1.54) is 0 Å². The highest BCUT2D eigenvalue weighted by atomic mass is 16.2. The van der Waals surface area contributed by atoms with Crippen molar-refractivity contribution in [2.24, 2.45) is 5.73 Å². The number of nitrogens with two attached hydrogens (primary N) is 1. The molecule has 0 unspecified atom stereocenters. The molecule has 14 heavy (non-hydrogen) atoms. The molecule has 0 fully saturated rings. The van der Waals surface area contributed by atoms with Crippen LogP contribution in [0, 0.1) is 0 Å². The minimum atomic E-state index is -0.0206. The number of hydrogen-bond acceptors (Lipinski definition) is 3. The summed E-state index contributed by atoms with van der Waals surface area (Å²) in [7, 11) is 0. The van der Waals surface area contributed by atoms with Crippen molar-refractivity contribution in [2.75, 3.05) is 0 Å². The van der Waals surface area contributed by atoms with E-state index in [1.54, 1.807) is 17.1 Å². The fourth-order valence-corrected chi connectivity index (χ4v) is 1.18. The lowest BCUT2D eigenvalue weighted by Gasteiger charge is -2.10. The number of aromatic nitrogens is 2. The zero-order valence-electron chi connectivity index (χ0n) is 8.53. The average molecular weight is 196 g/mol. The molecule has 0 aliphatic rings. The minimum Gasteiger partial charge on any atom is -0.352 e. The van der Waals surface area contributed by atoms with Crippen molar-refractivity contribution in [2.45, 2.75) is 33.0 Å². The number of carbonyl (C=O) groups excluding carboxylic acids is 1. The smallest absolute Gasteiger partial charge is 0.240 e. The molecule has 1 amide bonds. The van der Waals surface area contributed by atoms with Gasteiger partial charge in [0.2, 0.25) is 5.91 Å². The summed E-state index contributed by atoms with van der Waals surface area (Å²) < 4.78 is 1.75. The van der Waals surface area contributed by atoms with Crippen molar-refractivity contribution in [1.29, 1.82) is 0 Å². The van der Waals surface area contributed by atoms with Crippen molar-refractivity contribution >= 4 is 5.91 Å². The van der Waals surface area contributed by atoms with E-state index in [-0.39, 0.29) is 18.5 Å². The van der Waals surface area contributed by atoms with Gasteiger partial charge in [-0.2, -0.15) is 0 Å². The van der Waals surface area contributed by atoms with Crippen LogP contribution in [0.3, 0.4) is 0 Å². The highest BCUT2D eigenvalue weighted by Crippen LogP contribution is 1.97. The summed E-state index contributed by atoms with van der Waals surface area (Å²) in [5.41, 5.74) is 6.34. The number of hydrogen-bond donors (Lipinski definition) is 2. The molecule has 0 atom stereocenters. The van der Waals surface area contributed by atoms with Crippen molar-refractivity contribution in [3.8, 4) is 0 Å². The van der Waals surface area contributed by atoms with Crippen LogP contribution in [-0.4, -0.2) is 21.5 Å². The van der Waals surface area contributed by atoms with E-state index in [0.717, 1.165) is 5.69 Å². The van der Waals surface area contributed by atoms with Gasteiger partial charge in [0.25, 0.3) is 0 Å². The van der Waals surface area contributed by atoms with Crippen LogP contribution in [0.15, 0.2) is 12.5 Å². The zero-order chi connectivity index (χ0) is 10.6. The van der Waals surface area contributed by atoms with E-state index in [9.17, 15) is 4.79 Å². The van der Waals surface area contributed by atoms with Gasteiger partial charge in [-0.3, -0.25) is 4.79 Å². The lowest BCUT2D eigenvalue weighted by Crippen LogP contribution is -2.33. The van der Waals surface area contributed by atoms with E-state index in [4.69, 9.17) is 5.73 Å². The highest BCUT2D eigenvalue weighted by molar-refractivity contribution is 5.76. The van der Waals surface area contributed by atoms with E-state index in [1.807, 2.05) is 13.8 Å². The van der Waals surface area contributed by atoms with Crippen LogP contribution in [-0.2, 0) is 17.9 Å². The number of nitrogens with zero attached hydrogens (tertiary/aromatic N) is 2. The molecule has 0 spiro atoms. The maximum absolute atomic E-state index is 11.4. The van der Waals surface area contributed by atoms with Crippen LogP contribution in [0.1, 0.15) is 19.5 Å². The van der Waals surface area contributed by atoms with Crippen LogP contribution in [0.4, 0.5) is 0 Å². The third kappa shape index (κ3) is 2.85. The summed E-state index contributed by atoms with van der Waals surface area (Å²) in [4.78, 5) is 15.3. The summed E-state index contributed by atoms with van der Waals surface area (Å²) in [6, 6.07) is 0.160. The van der Waals surface area contributed by atoms with Gasteiger partial charge in [-0.05, 0) is 13.8 Å². The van der Waals surface area contributed by atoms with Crippen LogP contribution in [0.25, 0.3) is 0 Å². The molecular weight excluding hydrogens is 180 g/mol. The van der Waals surface area contributed by atoms with Gasteiger partial charge in [0, 0.05) is 18.8 Å². The molecule has 1 heterocycles. The summed E-state index contributed by atoms with van der Waals surface area (Å²) >= 11 is 0. The first-order chi connectivity index (χ1) is 6.63. The quantitative estimate of drug-likeness (QED) is 0.704. The van der Waals surface area contributed by atoms with Gasteiger partial charge in [-0.25, -0.2) is 4.98 Å². The molecule has 0 bridgehead atoms. The Labute approximate surface area is 83.3 Å². The summed E-state index contributed by atoms with van der Waals surface area (Å²) in [6.45, 7) is 4.53. The van der Waals surface area contributed by atoms with E-state index in [2.05, 4.69) is 10.3 Å². The summed E-state index contributed by atoms with van der Waals surface area (Å²) in [6.07, 6.45) is 3.28. The fourth-order valence-electron chi connectivity index (χ4n) is 1.18. The van der Waals surface area contributed by atoms with Crippen LogP contribution >= 0.6 is 0 Å². The molecule has 1 aromatic rings. The second-order valence-corrected chi connectivity index (χ2v) is 3.44. The molecule has 0 saturated heterocycles. The van der Waals surface area contributed by atoms with Gasteiger partial charge in [0.1, 0.15) is 6.54 Å². The van der Waals surface area contributed by atoms with Crippen molar-refractivity contribution in [3.05, 3.63) is 18.2 Å². The third-order valence-electron chi connectivity index (χ3n) is 1.77. The molecule has 3 N–H and O–H groups in total. The first-order valence-corrected chi connectivity index (χ1v) is 4.62. The van der Waals surface area contributed by atoms with Gasteiger partial charge >= 0.3 is 0 Å². The standard InChI is InChI=1S/C9H16N4O/c1-7(2)12-9(14)5-13-6-11-4-8(13)3-10/h4,6-7H,3,5,10H2,1-2H3,(H,12,14). The molecule has 5 nitrogen and oxygen atoms in total. The molecule has 0 aliphatic carbocycles. The zero-order valence-corrected chi connectivity index (χ0v) is 8.53. The lowest BCUT2D eigenvalue weighted by molar-refractivity contribution is -0.122. The second-order valence-electron chi connectivity index (χ2n) is 3.44. The molecule has 5 heteroatoms. The Hall–Kier alpha value is -1.36. The number of nitrogens with one attached hydrogen (secondary N) is 1. The molecule has 0 aromatic carbocycles. The predicted octanol–water partition coefficient (Wildman–Crippen LogP) is -0.134. The Balaban J connectivity index is 2.55. The number of amides is 1. The average Bonchev–Trinajstić information content (AvgIpc) is 2.50. The van der Waals surface area contributed by atoms with Gasteiger partial charge in [-0.15, -0.1) is 0 Å². The van der Waals surface area contributed by atoms with Gasteiger partial charge in [0.05, 0.1) is 12.0 Å². The number of imidazole rings is 1. The molecule has 0 saturated carbocycles. The maximum atomic E-state index is 11.4. The van der Waals surface area contributed by atoms with Crippen molar-refractivity contribution < 1.29 is 4.79 Å². The highest BCUT2D eigenvalue weighted by Gasteiger charge is 2.06. The SMILES string of the molecule is CC(C)NC(=O)Cn1cncc1CN. The molecular formula is C9H16N4O. The Morgan fingerprint density at radius 1 is 1.71 bits per heavy atom. The molecule has 0 radical (unpaired) electrons. The molecule has 1 rings (SSSR count). The Kier molecular flexibility index (Phi) is 3.64.